The minimum Gasteiger partial charge on any atom is -0.478 e. The number of sulfonamides is 1. The molecule has 0 saturated carbocycles. The lowest BCUT2D eigenvalue weighted by Crippen LogP contribution is -2.30. The zero-order chi connectivity index (χ0) is 26.1. The van der Waals surface area contributed by atoms with Crippen molar-refractivity contribution >= 4 is 33.3 Å². The molecule has 0 aromatic heterocycles. The molecule has 1 atom stereocenters. The summed E-state index contributed by atoms with van der Waals surface area (Å²) in [6.07, 6.45) is -4.98. The molecule has 2 N–H and O–H groups in total. The molecule has 12 heteroatoms. The number of anilines is 1. The lowest BCUT2D eigenvalue weighted by molar-refractivity contribution is -0.0600. The van der Waals surface area contributed by atoms with Crippen molar-refractivity contribution in [2.24, 2.45) is 5.10 Å². The Morgan fingerprint density at radius 2 is 1.50 bits per heavy atom. The van der Waals surface area contributed by atoms with Crippen LogP contribution in [0.4, 0.5) is 18.9 Å². The Hall–Kier alpha value is -4.19. The van der Waals surface area contributed by atoms with Crippen LogP contribution < -0.4 is 9.73 Å². The summed E-state index contributed by atoms with van der Waals surface area (Å²) in [6, 6.07) is 17.4. The molecule has 36 heavy (non-hydrogen) atoms. The lowest BCUT2D eigenvalue weighted by atomic mass is 10.0. The molecule has 0 fully saturated rings. The molecule has 4 rings (SSSR count). The predicted molar refractivity (Wildman–Crippen MR) is 124 cm³/mol. The van der Waals surface area contributed by atoms with Gasteiger partial charge >= 0.3 is 12.1 Å². The number of benzene rings is 3. The molecule has 0 bridgehead atoms. The van der Waals surface area contributed by atoms with Crippen LogP contribution in [0.1, 0.15) is 38.7 Å². The number of carboxylic acid groups (broad SMARTS) is 1. The molecule has 1 aliphatic rings. The van der Waals surface area contributed by atoms with E-state index in [1.54, 1.807) is 30.3 Å². The average molecular weight is 517 g/mol. The maximum absolute atomic E-state index is 13.4. The first-order valence-electron chi connectivity index (χ1n) is 10.4. The van der Waals surface area contributed by atoms with Crippen molar-refractivity contribution in [3.63, 3.8) is 0 Å². The van der Waals surface area contributed by atoms with Gasteiger partial charge in [-0.2, -0.15) is 18.3 Å². The van der Waals surface area contributed by atoms with E-state index >= 15 is 0 Å². The van der Waals surface area contributed by atoms with E-state index in [1.165, 1.54) is 29.3 Å². The van der Waals surface area contributed by atoms with Crippen LogP contribution in [0.15, 0.2) is 88.9 Å². The van der Waals surface area contributed by atoms with Crippen LogP contribution >= 0.6 is 0 Å². The molecular weight excluding hydrogens is 499 g/mol. The number of nitrogens with one attached hydrogen (secondary N) is 1. The Kier molecular flexibility index (Phi) is 6.55. The van der Waals surface area contributed by atoms with Gasteiger partial charge in [-0.1, -0.05) is 30.3 Å². The largest absolute Gasteiger partial charge is 0.478 e. The number of hydrazone groups is 1. The predicted octanol–water partition coefficient (Wildman–Crippen LogP) is 4.37. The van der Waals surface area contributed by atoms with Gasteiger partial charge in [0.15, 0.2) is 0 Å². The van der Waals surface area contributed by atoms with Crippen LogP contribution in [-0.2, 0) is 10.0 Å². The second kappa shape index (κ2) is 9.46. The second-order valence-corrected chi connectivity index (χ2v) is 9.51. The highest BCUT2D eigenvalue weighted by Crippen LogP contribution is 2.39. The third-order valence-electron chi connectivity index (χ3n) is 5.45. The third kappa shape index (κ3) is 5.23. The van der Waals surface area contributed by atoms with Gasteiger partial charge in [0.2, 0.25) is 0 Å². The SMILES string of the molecule is O=C(O)c1ccc(C(=O)NS(=O)(=O)c2ccc(N3N=C(C(F)(F)F)CC3c3ccccc3)cc2)cc1. The van der Waals surface area contributed by atoms with Crippen LogP contribution in [0.3, 0.4) is 0 Å². The smallest absolute Gasteiger partial charge is 0.431 e. The van der Waals surface area contributed by atoms with Crippen molar-refractivity contribution in [3.8, 4) is 0 Å². The molecule has 1 heterocycles. The van der Waals surface area contributed by atoms with E-state index in [1.807, 2.05) is 4.72 Å². The molecule has 0 aliphatic carbocycles. The fourth-order valence-electron chi connectivity index (χ4n) is 3.64. The highest BCUT2D eigenvalue weighted by atomic mass is 32.2. The minimum atomic E-state index is -4.61. The maximum atomic E-state index is 13.4. The summed E-state index contributed by atoms with van der Waals surface area (Å²) >= 11 is 0. The van der Waals surface area contributed by atoms with E-state index in [-0.39, 0.29) is 28.1 Å². The number of hydrogen-bond acceptors (Lipinski definition) is 6. The van der Waals surface area contributed by atoms with E-state index in [9.17, 15) is 31.2 Å². The standard InChI is InChI=1S/C24H18F3N3O5S/c25-24(26,27)21-14-20(15-4-2-1-3-5-15)30(28-21)18-10-12-19(13-11-18)36(34,35)29-22(31)16-6-8-17(9-7-16)23(32)33/h1-13,20H,14H2,(H,29,31)(H,32,33). The number of hydrogen-bond donors (Lipinski definition) is 2. The number of aromatic carboxylic acids is 1. The van der Waals surface area contributed by atoms with Crippen molar-refractivity contribution in [2.75, 3.05) is 5.01 Å². The second-order valence-electron chi connectivity index (χ2n) is 7.83. The van der Waals surface area contributed by atoms with Gasteiger partial charge in [-0.25, -0.2) is 17.9 Å². The normalized spacial score (nSPS) is 15.9. The number of amides is 1. The van der Waals surface area contributed by atoms with Crippen LogP contribution in [0, 0.1) is 0 Å². The Morgan fingerprint density at radius 3 is 2.06 bits per heavy atom. The molecule has 0 spiro atoms. The van der Waals surface area contributed by atoms with Crippen molar-refractivity contribution in [1.82, 2.24) is 4.72 Å². The Bertz CT molecular complexity index is 1420. The molecule has 3 aromatic rings. The van der Waals surface area contributed by atoms with Crippen molar-refractivity contribution in [3.05, 3.63) is 95.6 Å². The monoisotopic (exact) mass is 517 g/mol. The van der Waals surface area contributed by atoms with Gasteiger partial charge in [0.1, 0.15) is 5.71 Å². The van der Waals surface area contributed by atoms with Crippen LogP contribution in [0.25, 0.3) is 0 Å². The van der Waals surface area contributed by atoms with Gasteiger partial charge < -0.3 is 5.11 Å². The Balaban J connectivity index is 1.56. The average Bonchev–Trinajstić information content (AvgIpc) is 3.31. The maximum Gasteiger partial charge on any atom is 0.431 e. The van der Waals surface area contributed by atoms with Crippen LogP contribution in [-0.4, -0.2) is 37.3 Å². The number of carboxylic acids is 1. The minimum absolute atomic E-state index is 0.0722. The molecule has 8 nitrogen and oxygen atoms in total. The van der Waals surface area contributed by atoms with E-state index in [2.05, 4.69) is 5.10 Å². The fourth-order valence-corrected chi connectivity index (χ4v) is 4.61. The first-order chi connectivity index (χ1) is 17.0. The number of carbonyl (C=O) groups excluding carboxylic acids is 1. The number of alkyl halides is 3. The van der Waals surface area contributed by atoms with Gasteiger partial charge in [0, 0.05) is 12.0 Å². The third-order valence-corrected chi connectivity index (χ3v) is 6.80. The summed E-state index contributed by atoms with van der Waals surface area (Å²) < 4.78 is 67.4. The number of rotatable bonds is 6. The molecule has 0 saturated heterocycles. The van der Waals surface area contributed by atoms with Crippen LogP contribution in [0.5, 0.6) is 0 Å². The Labute approximate surface area is 203 Å². The van der Waals surface area contributed by atoms with Crippen LogP contribution in [0.2, 0.25) is 0 Å². The molecule has 1 aliphatic heterocycles. The summed E-state index contributed by atoms with van der Waals surface area (Å²) in [5.41, 5.74) is -0.251. The summed E-state index contributed by atoms with van der Waals surface area (Å²) in [6.45, 7) is 0. The highest BCUT2D eigenvalue weighted by molar-refractivity contribution is 7.90. The van der Waals surface area contributed by atoms with Crippen molar-refractivity contribution in [1.29, 1.82) is 0 Å². The zero-order valence-electron chi connectivity index (χ0n) is 18.3. The summed E-state index contributed by atoms with van der Waals surface area (Å²) in [4.78, 5) is 23.0. The summed E-state index contributed by atoms with van der Waals surface area (Å²) in [7, 11) is -4.32. The number of halogens is 3. The van der Waals surface area contributed by atoms with Gasteiger partial charge in [0.05, 0.1) is 22.2 Å². The number of nitrogens with zero attached hydrogens (tertiary/aromatic N) is 2. The summed E-state index contributed by atoms with van der Waals surface area (Å²) in [5.74, 6) is -2.17. The summed E-state index contributed by atoms with van der Waals surface area (Å²) in [5, 5.41) is 13.9. The molecule has 1 amide bonds. The lowest BCUT2D eigenvalue weighted by Gasteiger charge is -2.24. The van der Waals surface area contributed by atoms with E-state index in [0.717, 1.165) is 24.3 Å². The van der Waals surface area contributed by atoms with Gasteiger partial charge in [-0.15, -0.1) is 0 Å². The zero-order valence-corrected chi connectivity index (χ0v) is 19.1. The topological polar surface area (TPSA) is 116 Å². The Morgan fingerprint density at radius 1 is 0.917 bits per heavy atom. The molecule has 0 radical (unpaired) electrons. The van der Waals surface area contributed by atoms with Gasteiger partial charge in [-0.05, 0) is 54.1 Å². The molecule has 1 unspecified atom stereocenters. The quantitative estimate of drug-likeness (QED) is 0.502. The van der Waals surface area contributed by atoms with E-state index in [0.29, 0.717) is 5.56 Å². The molecule has 3 aromatic carbocycles. The molecular formula is C24H18F3N3O5S. The van der Waals surface area contributed by atoms with Crippen molar-refractivity contribution < 1.29 is 36.3 Å². The van der Waals surface area contributed by atoms with E-state index < -0.39 is 39.8 Å². The fraction of sp³-hybridized carbons (Fsp3) is 0.125. The molecule has 186 valence electrons. The van der Waals surface area contributed by atoms with E-state index in [4.69, 9.17) is 5.11 Å². The van der Waals surface area contributed by atoms with Crippen molar-refractivity contribution in [2.45, 2.75) is 23.5 Å². The first kappa shape index (κ1) is 24.9. The van der Waals surface area contributed by atoms with Gasteiger partial charge in [-0.3, -0.25) is 9.80 Å². The number of carbonyl (C=O) groups is 2. The highest BCUT2D eigenvalue weighted by Gasteiger charge is 2.43. The first-order valence-corrected chi connectivity index (χ1v) is 11.9. The van der Waals surface area contributed by atoms with Gasteiger partial charge in [0.25, 0.3) is 15.9 Å².